The molecule has 0 aliphatic heterocycles. The van der Waals surface area contributed by atoms with Gasteiger partial charge in [-0.3, -0.25) is 0 Å². The fourth-order valence-corrected chi connectivity index (χ4v) is 7.85. The van der Waals surface area contributed by atoms with E-state index in [-0.39, 0.29) is 5.41 Å². The largest absolute Gasteiger partial charge is 0.307 e. The fourth-order valence-electron chi connectivity index (χ4n) is 5.91. The molecular formula is C29H29NS2. The van der Waals surface area contributed by atoms with Crippen molar-refractivity contribution in [3.05, 3.63) is 76.5 Å². The van der Waals surface area contributed by atoms with Gasteiger partial charge in [0.05, 0.1) is 20.4 Å². The van der Waals surface area contributed by atoms with Crippen LogP contribution in [0.5, 0.6) is 0 Å². The molecule has 0 amide bonds. The molecule has 1 aliphatic carbocycles. The summed E-state index contributed by atoms with van der Waals surface area (Å²) in [6.07, 6.45) is 7.51. The zero-order chi connectivity index (χ0) is 21.7. The van der Waals surface area contributed by atoms with Crippen LogP contribution in [-0.4, -0.2) is 4.57 Å². The van der Waals surface area contributed by atoms with Crippen molar-refractivity contribution < 1.29 is 0 Å². The number of hydrogen-bond acceptors (Lipinski definition) is 2. The SMILES string of the molecule is CCCCC1(CCCC)c2ccccc2-c2ccc(-n3c4ccsc4c4sccc43)cc21. The van der Waals surface area contributed by atoms with Crippen molar-refractivity contribution in [2.45, 2.75) is 57.8 Å². The Hall–Kier alpha value is -2.36. The number of fused-ring (bicyclic) bond motifs is 6. The number of benzene rings is 2. The first-order valence-corrected chi connectivity index (χ1v) is 13.7. The molecule has 5 aromatic rings. The number of rotatable bonds is 7. The smallest absolute Gasteiger partial charge is 0.0704 e. The molecule has 0 bridgehead atoms. The van der Waals surface area contributed by atoms with E-state index in [9.17, 15) is 0 Å². The Morgan fingerprint density at radius 2 is 1.34 bits per heavy atom. The van der Waals surface area contributed by atoms with Crippen LogP contribution in [0.2, 0.25) is 0 Å². The fraction of sp³-hybridized carbons (Fsp3) is 0.310. The van der Waals surface area contributed by atoms with Crippen LogP contribution in [-0.2, 0) is 5.41 Å². The van der Waals surface area contributed by atoms with E-state index >= 15 is 0 Å². The minimum absolute atomic E-state index is 0.142. The predicted molar refractivity (Wildman–Crippen MR) is 142 cm³/mol. The van der Waals surface area contributed by atoms with Gasteiger partial charge in [-0.2, -0.15) is 0 Å². The van der Waals surface area contributed by atoms with Gasteiger partial charge in [0, 0.05) is 11.1 Å². The van der Waals surface area contributed by atoms with Crippen molar-refractivity contribution in [3.63, 3.8) is 0 Å². The second-order valence-electron chi connectivity index (χ2n) is 9.17. The van der Waals surface area contributed by atoms with E-state index in [1.807, 2.05) is 22.7 Å². The molecule has 6 rings (SSSR count). The average Bonchev–Trinajstić information content (AvgIpc) is 3.58. The van der Waals surface area contributed by atoms with E-state index in [0.29, 0.717) is 0 Å². The van der Waals surface area contributed by atoms with E-state index < -0.39 is 0 Å². The summed E-state index contributed by atoms with van der Waals surface area (Å²) in [6, 6.07) is 21.1. The van der Waals surface area contributed by atoms with Gasteiger partial charge in [-0.1, -0.05) is 69.9 Å². The molecule has 0 atom stereocenters. The third-order valence-corrected chi connectivity index (χ3v) is 9.37. The molecule has 2 aromatic carbocycles. The molecule has 0 unspecified atom stereocenters. The molecule has 32 heavy (non-hydrogen) atoms. The normalized spacial score (nSPS) is 14.3. The standard InChI is InChI=1S/C29H29NS2/c1-3-5-15-29(16-6-4-2)23-10-8-7-9-21(23)22-12-11-20(19-24(22)29)30-25-13-17-31-27(25)28-26(30)14-18-32-28/h7-14,17-19H,3-6,15-16H2,1-2H3. The Labute approximate surface area is 198 Å². The molecule has 0 spiro atoms. The Balaban J connectivity index is 1.60. The van der Waals surface area contributed by atoms with Gasteiger partial charge in [-0.15, -0.1) is 22.7 Å². The summed E-state index contributed by atoms with van der Waals surface area (Å²) in [7, 11) is 0. The molecule has 1 nitrogen and oxygen atoms in total. The van der Waals surface area contributed by atoms with Crippen LogP contribution in [0.3, 0.4) is 0 Å². The van der Waals surface area contributed by atoms with Crippen molar-refractivity contribution in [1.82, 2.24) is 4.57 Å². The molecule has 0 fully saturated rings. The second-order valence-corrected chi connectivity index (χ2v) is 11.0. The minimum Gasteiger partial charge on any atom is -0.307 e. The van der Waals surface area contributed by atoms with Gasteiger partial charge >= 0.3 is 0 Å². The molecule has 1 aliphatic rings. The molecule has 3 aromatic heterocycles. The first-order chi connectivity index (χ1) is 15.8. The summed E-state index contributed by atoms with van der Waals surface area (Å²) in [5.74, 6) is 0. The van der Waals surface area contributed by atoms with Crippen LogP contribution in [0.4, 0.5) is 0 Å². The predicted octanol–water partition coefficient (Wildman–Crippen LogP) is 9.55. The van der Waals surface area contributed by atoms with E-state index in [1.165, 1.54) is 75.8 Å². The first-order valence-electron chi connectivity index (χ1n) is 12.0. The molecular weight excluding hydrogens is 426 g/mol. The monoisotopic (exact) mass is 455 g/mol. The van der Waals surface area contributed by atoms with E-state index in [2.05, 4.69) is 83.8 Å². The lowest BCUT2D eigenvalue weighted by atomic mass is 9.71. The van der Waals surface area contributed by atoms with Gasteiger partial charge < -0.3 is 4.57 Å². The van der Waals surface area contributed by atoms with Crippen molar-refractivity contribution in [2.24, 2.45) is 0 Å². The van der Waals surface area contributed by atoms with Crippen LogP contribution in [0.25, 0.3) is 37.2 Å². The molecule has 0 N–H and O–H groups in total. The highest BCUT2D eigenvalue weighted by Gasteiger charge is 2.42. The Bertz CT molecular complexity index is 1360. The zero-order valence-corrected chi connectivity index (χ0v) is 20.5. The van der Waals surface area contributed by atoms with Crippen molar-refractivity contribution in [1.29, 1.82) is 0 Å². The Morgan fingerprint density at radius 3 is 2.00 bits per heavy atom. The number of aromatic nitrogens is 1. The van der Waals surface area contributed by atoms with Crippen LogP contribution in [0, 0.1) is 0 Å². The van der Waals surface area contributed by atoms with Gasteiger partial charge in [0.2, 0.25) is 0 Å². The van der Waals surface area contributed by atoms with Crippen LogP contribution < -0.4 is 0 Å². The van der Waals surface area contributed by atoms with Crippen molar-refractivity contribution in [3.8, 4) is 16.8 Å². The highest BCUT2D eigenvalue weighted by atomic mass is 32.1. The Kier molecular flexibility index (Phi) is 5.00. The van der Waals surface area contributed by atoms with E-state index in [0.717, 1.165) is 0 Å². The molecule has 3 heterocycles. The van der Waals surface area contributed by atoms with Gasteiger partial charge in [-0.05, 0) is 70.1 Å². The molecule has 0 saturated heterocycles. The van der Waals surface area contributed by atoms with Gasteiger partial charge in [-0.25, -0.2) is 0 Å². The number of hydrogen-bond donors (Lipinski definition) is 0. The highest BCUT2D eigenvalue weighted by Crippen LogP contribution is 2.54. The van der Waals surface area contributed by atoms with Gasteiger partial charge in [0.1, 0.15) is 0 Å². The number of nitrogens with zero attached hydrogens (tertiary/aromatic N) is 1. The number of thiophene rings is 2. The highest BCUT2D eigenvalue weighted by molar-refractivity contribution is 7.25. The maximum atomic E-state index is 2.54. The third kappa shape index (κ3) is 2.80. The van der Waals surface area contributed by atoms with E-state index in [1.54, 1.807) is 11.1 Å². The lowest BCUT2D eigenvalue weighted by molar-refractivity contribution is 0.414. The summed E-state index contributed by atoms with van der Waals surface area (Å²) in [5, 5.41) is 4.46. The summed E-state index contributed by atoms with van der Waals surface area (Å²) in [4.78, 5) is 0. The maximum Gasteiger partial charge on any atom is 0.0704 e. The second kappa shape index (κ2) is 7.90. The van der Waals surface area contributed by atoms with Gasteiger partial charge in [0.25, 0.3) is 0 Å². The first kappa shape index (κ1) is 20.3. The molecule has 3 heteroatoms. The number of unbranched alkanes of at least 4 members (excludes halogenated alkanes) is 2. The summed E-state index contributed by atoms with van der Waals surface area (Å²) in [6.45, 7) is 4.65. The molecule has 0 radical (unpaired) electrons. The van der Waals surface area contributed by atoms with Crippen molar-refractivity contribution in [2.75, 3.05) is 0 Å². The molecule has 162 valence electrons. The van der Waals surface area contributed by atoms with E-state index in [4.69, 9.17) is 0 Å². The third-order valence-electron chi connectivity index (χ3n) is 7.40. The van der Waals surface area contributed by atoms with Gasteiger partial charge in [0.15, 0.2) is 0 Å². The lowest BCUT2D eigenvalue weighted by Crippen LogP contribution is -2.25. The topological polar surface area (TPSA) is 4.93 Å². The maximum absolute atomic E-state index is 2.54. The molecule has 0 saturated carbocycles. The Morgan fingerprint density at radius 1 is 0.719 bits per heavy atom. The summed E-state index contributed by atoms with van der Waals surface area (Å²) < 4.78 is 5.33. The van der Waals surface area contributed by atoms with Crippen molar-refractivity contribution >= 4 is 43.1 Å². The quantitative estimate of drug-likeness (QED) is 0.230. The minimum atomic E-state index is 0.142. The van der Waals surface area contributed by atoms with Crippen LogP contribution in [0.1, 0.15) is 63.5 Å². The van der Waals surface area contributed by atoms with Crippen LogP contribution in [0.15, 0.2) is 65.4 Å². The summed E-state index contributed by atoms with van der Waals surface area (Å²) in [5.41, 5.74) is 10.2. The average molecular weight is 456 g/mol. The van der Waals surface area contributed by atoms with Crippen LogP contribution >= 0.6 is 22.7 Å². The zero-order valence-electron chi connectivity index (χ0n) is 18.9. The lowest BCUT2D eigenvalue weighted by Gasteiger charge is -2.33. The summed E-state index contributed by atoms with van der Waals surface area (Å²) >= 11 is 3.73.